The number of urea groups is 1. The molecule has 2 amide bonds. The number of nitrogens with zero attached hydrogens (tertiary/aromatic N) is 2. The van der Waals surface area contributed by atoms with Crippen molar-refractivity contribution in [1.82, 2.24) is 15.1 Å². The first kappa shape index (κ1) is 16.7. The Bertz CT molecular complexity index is 317. The van der Waals surface area contributed by atoms with Gasteiger partial charge in [0.2, 0.25) is 0 Å². The molecule has 0 aromatic heterocycles. The summed E-state index contributed by atoms with van der Waals surface area (Å²) < 4.78 is 5.02. The number of carbonyl (C=O) groups is 2. The van der Waals surface area contributed by atoms with Crippen molar-refractivity contribution in [2.24, 2.45) is 5.92 Å². The third kappa shape index (κ3) is 6.21. The van der Waals surface area contributed by atoms with Crippen LogP contribution in [0.4, 0.5) is 4.79 Å². The second-order valence-corrected chi connectivity index (χ2v) is 5.22. The third-order valence-electron chi connectivity index (χ3n) is 3.35. The molecule has 2 N–H and O–H groups in total. The topological polar surface area (TPSA) is 82.1 Å². The van der Waals surface area contributed by atoms with Crippen molar-refractivity contribution in [2.75, 3.05) is 53.0 Å². The lowest BCUT2D eigenvalue weighted by atomic mass is 10.2. The van der Waals surface area contributed by atoms with E-state index in [9.17, 15) is 9.59 Å². The summed E-state index contributed by atoms with van der Waals surface area (Å²) in [6.07, 6.45) is 0.154. The molecule has 1 saturated heterocycles. The van der Waals surface area contributed by atoms with Gasteiger partial charge in [0.1, 0.15) is 0 Å². The van der Waals surface area contributed by atoms with Crippen molar-refractivity contribution in [3.63, 3.8) is 0 Å². The van der Waals surface area contributed by atoms with E-state index in [1.807, 2.05) is 6.92 Å². The molecule has 1 heterocycles. The maximum absolute atomic E-state index is 11.9. The van der Waals surface area contributed by atoms with E-state index >= 15 is 0 Å². The van der Waals surface area contributed by atoms with Gasteiger partial charge in [0.05, 0.1) is 13.0 Å². The molecule has 1 atom stereocenters. The molecule has 1 fully saturated rings. The standard InChI is InChI=1S/C13H25N3O4/c1-11(10-20-2)9-14-13(19)16-7-5-15(6-8-16)4-3-12(17)18/h11H,3-10H2,1-2H3,(H,14,19)(H,17,18). The van der Waals surface area contributed by atoms with E-state index in [1.165, 1.54) is 0 Å². The Hall–Kier alpha value is -1.34. The number of rotatable bonds is 7. The molecule has 7 nitrogen and oxygen atoms in total. The minimum atomic E-state index is -0.780. The average Bonchev–Trinajstić information content (AvgIpc) is 2.43. The van der Waals surface area contributed by atoms with Crippen LogP contribution >= 0.6 is 0 Å². The maximum Gasteiger partial charge on any atom is 0.317 e. The lowest BCUT2D eigenvalue weighted by Gasteiger charge is -2.34. The highest BCUT2D eigenvalue weighted by Gasteiger charge is 2.21. The summed E-state index contributed by atoms with van der Waals surface area (Å²) in [5.41, 5.74) is 0. The van der Waals surface area contributed by atoms with Crippen molar-refractivity contribution in [1.29, 1.82) is 0 Å². The number of carboxylic acid groups (broad SMARTS) is 1. The van der Waals surface area contributed by atoms with E-state index in [4.69, 9.17) is 9.84 Å². The van der Waals surface area contributed by atoms with Crippen LogP contribution in [0, 0.1) is 5.92 Å². The first-order chi connectivity index (χ1) is 9.52. The molecule has 1 rings (SSSR count). The Labute approximate surface area is 119 Å². The Morgan fingerprint density at radius 3 is 2.50 bits per heavy atom. The number of piperazine rings is 1. The number of ether oxygens (including phenoxy) is 1. The largest absolute Gasteiger partial charge is 0.481 e. The van der Waals surface area contributed by atoms with E-state index in [0.29, 0.717) is 38.7 Å². The molecule has 0 radical (unpaired) electrons. The predicted molar refractivity (Wildman–Crippen MR) is 74.7 cm³/mol. The van der Waals surface area contributed by atoms with Gasteiger partial charge in [-0.25, -0.2) is 4.79 Å². The van der Waals surface area contributed by atoms with Crippen LogP contribution in [0.1, 0.15) is 13.3 Å². The van der Waals surface area contributed by atoms with Crippen LogP contribution in [0.3, 0.4) is 0 Å². The molecule has 20 heavy (non-hydrogen) atoms. The second kappa shape index (κ2) is 8.76. The zero-order valence-corrected chi connectivity index (χ0v) is 12.3. The number of hydrogen-bond donors (Lipinski definition) is 2. The van der Waals surface area contributed by atoms with Crippen molar-refractivity contribution in [3.05, 3.63) is 0 Å². The van der Waals surface area contributed by atoms with Gasteiger partial charge in [-0.2, -0.15) is 0 Å². The SMILES string of the molecule is COCC(C)CNC(=O)N1CCN(CCC(=O)O)CC1. The van der Waals surface area contributed by atoms with Gasteiger partial charge in [-0.1, -0.05) is 6.92 Å². The van der Waals surface area contributed by atoms with Crippen LogP contribution in [0.5, 0.6) is 0 Å². The minimum absolute atomic E-state index is 0.0502. The lowest BCUT2D eigenvalue weighted by Crippen LogP contribution is -2.52. The van der Waals surface area contributed by atoms with Gasteiger partial charge in [-0.05, 0) is 5.92 Å². The normalized spacial score (nSPS) is 17.8. The zero-order chi connectivity index (χ0) is 15.0. The molecule has 0 bridgehead atoms. The molecule has 116 valence electrons. The minimum Gasteiger partial charge on any atom is -0.481 e. The van der Waals surface area contributed by atoms with Crippen LogP contribution in [-0.2, 0) is 9.53 Å². The highest BCUT2D eigenvalue weighted by Crippen LogP contribution is 2.03. The number of hydrogen-bond acceptors (Lipinski definition) is 4. The third-order valence-corrected chi connectivity index (χ3v) is 3.35. The van der Waals surface area contributed by atoms with Gasteiger partial charge < -0.3 is 20.1 Å². The van der Waals surface area contributed by atoms with Crippen LogP contribution in [-0.4, -0.2) is 79.9 Å². The number of methoxy groups -OCH3 is 1. The van der Waals surface area contributed by atoms with Crippen molar-refractivity contribution in [3.8, 4) is 0 Å². The van der Waals surface area contributed by atoms with Crippen molar-refractivity contribution >= 4 is 12.0 Å². The van der Waals surface area contributed by atoms with Gasteiger partial charge in [0.15, 0.2) is 0 Å². The monoisotopic (exact) mass is 287 g/mol. The number of aliphatic carboxylic acids is 1. The fraction of sp³-hybridized carbons (Fsp3) is 0.846. The van der Waals surface area contributed by atoms with Crippen LogP contribution in [0.2, 0.25) is 0 Å². The number of carbonyl (C=O) groups excluding carboxylic acids is 1. The van der Waals surface area contributed by atoms with Gasteiger partial charge in [-0.3, -0.25) is 9.69 Å². The number of carboxylic acids is 1. The van der Waals surface area contributed by atoms with Crippen LogP contribution < -0.4 is 5.32 Å². The molecule has 0 saturated carbocycles. The first-order valence-electron chi connectivity index (χ1n) is 6.98. The zero-order valence-electron chi connectivity index (χ0n) is 12.3. The second-order valence-electron chi connectivity index (χ2n) is 5.22. The van der Waals surface area contributed by atoms with Gasteiger partial charge in [-0.15, -0.1) is 0 Å². The van der Waals surface area contributed by atoms with E-state index in [-0.39, 0.29) is 12.5 Å². The Balaban J connectivity index is 2.20. The van der Waals surface area contributed by atoms with E-state index in [0.717, 1.165) is 13.1 Å². The summed E-state index contributed by atoms with van der Waals surface area (Å²) in [5, 5.41) is 11.5. The van der Waals surface area contributed by atoms with Gasteiger partial charge in [0, 0.05) is 46.4 Å². The Morgan fingerprint density at radius 1 is 1.30 bits per heavy atom. The molecule has 0 aromatic rings. The average molecular weight is 287 g/mol. The molecule has 1 aliphatic rings. The number of nitrogens with one attached hydrogen (secondary N) is 1. The first-order valence-corrected chi connectivity index (χ1v) is 6.98. The molecule has 0 aromatic carbocycles. The smallest absolute Gasteiger partial charge is 0.317 e. The molecule has 1 aliphatic heterocycles. The molecular formula is C13H25N3O4. The molecule has 0 spiro atoms. The summed E-state index contributed by atoms with van der Waals surface area (Å²) in [7, 11) is 1.65. The summed E-state index contributed by atoms with van der Waals surface area (Å²) >= 11 is 0. The fourth-order valence-electron chi connectivity index (χ4n) is 2.15. The van der Waals surface area contributed by atoms with Gasteiger partial charge >= 0.3 is 12.0 Å². The molecule has 7 heteroatoms. The molecule has 1 unspecified atom stereocenters. The van der Waals surface area contributed by atoms with Crippen LogP contribution in [0.25, 0.3) is 0 Å². The van der Waals surface area contributed by atoms with Gasteiger partial charge in [0.25, 0.3) is 0 Å². The molecular weight excluding hydrogens is 262 g/mol. The van der Waals surface area contributed by atoms with E-state index in [1.54, 1.807) is 12.0 Å². The summed E-state index contributed by atoms with van der Waals surface area (Å²) in [6.45, 7) is 6.55. The predicted octanol–water partition coefficient (Wildman–Crippen LogP) is 0.0708. The van der Waals surface area contributed by atoms with Crippen LogP contribution in [0.15, 0.2) is 0 Å². The maximum atomic E-state index is 11.9. The number of amides is 2. The highest BCUT2D eigenvalue weighted by atomic mass is 16.5. The van der Waals surface area contributed by atoms with E-state index in [2.05, 4.69) is 10.2 Å². The highest BCUT2D eigenvalue weighted by molar-refractivity contribution is 5.74. The Kier molecular flexibility index (Phi) is 7.32. The summed E-state index contributed by atoms with van der Waals surface area (Å²) in [6, 6.07) is -0.0502. The summed E-state index contributed by atoms with van der Waals surface area (Å²) in [4.78, 5) is 26.3. The molecule has 0 aliphatic carbocycles. The van der Waals surface area contributed by atoms with Crippen molar-refractivity contribution < 1.29 is 19.4 Å². The van der Waals surface area contributed by atoms with E-state index < -0.39 is 5.97 Å². The summed E-state index contributed by atoms with van der Waals surface area (Å²) in [5.74, 6) is -0.488. The Morgan fingerprint density at radius 2 is 1.95 bits per heavy atom. The van der Waals surface area contributed by atoms with Crippen molar-refractivity contribution in [2.45, 2.75) is 13.3 Å². The fourth-order valence-corrected chi connectivity index (χ4v) is 2.15. The lowest BCUT2D eigenvalue weighted by molar-refractivity contribution is -0.137. The quantitative estimate of drug-likeness (QED) is 0.692.